The second-order valence-electron chi connectivity index (χ2n) is 5.63. The lowest BCUT2D eigenvalue weighted by atomic mass is 9.91. The van der Waals surface area contributed by atoms with Crippen molar-refractivity contribution < 1.29 is 9.47 Å². The molecule has 0 bridgehead atoms. The third kappa shape index (κ3) is 1.36. The lowest BCUT2D eigenvalue weighted by Gasteiger charge is -2.29. The van der Waals surface area contributed by atoms with Gasteiger partial charge in [0.25, 0.3) is 0 Å². The standard InChI is InChI=1S/C14H18O2/c1-8(2)9-5-6-11-10(7-9)12-13(15-12)14(3,4)16-11/h5-8,12-13H,1-4H3/t12-,13-/m1/s1. The van der Waals surface area contributed by atoms with E-state index in [0.29, 0.717) is 5.92 Å². The molecule has 0 aromatic heterocycles. The summed E-state index contributed by atoms with van der Waals surface area (Å²) in [4.78, 5) is 0. The van der Waals surface area contributed by atoms with E-state index in [9.17, 15) is 0 Å². The maximum atomic E-state index is 5.98. The van der Waals surface area contributed by atoms with E-state index in [1.807, 2.05) is 0 Å². The smallest absolute Gasteiger partial charge is 0.132 e. The van der Waals surface area contributed by atoms with Gasteiger partial charge in [0.05, 0.1) is 0 Å². The van der Waals surface area contributed by atoms with E-state index in [1.165, 1.54) is 11.1 Å². The lowest BCUT2D eigenvalue weighted by Crippen LogP contribution is -2.37. The molecule has 2 aliphatic heterocycles. The molecule has 2 aliphatic rings. The molecular weight excluding hydrogens is 200 g/mol. The van der Waals surface area contributed by atoms with Crippen LogP contribution in [-0.2, 0) is 4.74 Å². The highest BCUT2D eigenvalue weighted by atomic mass is 16.6. The predicted molar refractivity (Wildman–Crippen MR) is 62.9 cm³/mol. The van der Waals surface area contributed by atoms with Crippen LogP contribution in [0.4, 0.5) is 0 Å². The Hall–Kier alpha value is -1.02. The summed E-state index contributed by atoms with van der Waals surface area (Å²) in [5, 5.41) is 0. The average Bonchev–Trinajstić information content (AvgIpc) is 2.97. The highest BCUT2D eigenvalue weighted by Gasteiger charge is 2.56. The zero-order valence-electron chi connectivity index (χ0n) is 10.3. The summed E-state index contributed by atoms with van der Waals surface area (Å²) in [6, 6.07) is 6.48. The van der Waals surface area contributed by atoms with Crippen LogP contribution in [-0.4, -0.2) is 11.7 Å². The van der Waals surface area contributed by atoms with E-state index >= 15 is 0 Å². The second kappa shape index (κ2) is 3.01. The van der Waals surface area contributed by atoms with Crippen LogP contribution >= 0.6 is 0 Å². The normalized spacial score (nSPS) is 29.3. The maximum Gasteiger partial charge on any atom is 0.132 e. The van der Waals surface area contributed by atoms with Crippen molar-refractivity contribution in [2.75, 3.05) is 0 Å². The number of fused-ring (bicyclic) bond motifs is 3. The molecule has 1 aromatic carbocycles. The van der Waals surface area contributed by atoms with Gasteiger partial charge in [-0.15, -0.1) is 0 Å². The zero-order chi connectivity index (χ0) is 11.5. The van der Waals surface area contributed by atoms with Crippen LogP contribution in [0.25, 0.3) is 0 Å². The van der Waals surface area contributed by atoms with Gasteiger partial charge in [-0.2, -0.15) is 0 Å². The number of rotatable bonds is 1. The lowest BCUT2D eigenvalue weighted by molar-refractivity contribution is 0.0725. The van der Waals surface area contributed by atoms with Crippen molar-refractivity contribution in [3.63, 3.8) is 0 Å². The van der Waals surface area contributed by atoms with Crippen LogP contribution < -0.4 is 4.74 Å². The van der Waals surface area contributed by atoms with Crippen molar-refractivity contribution in [3.8, 4) is 5.75 Å². The average molecular weight is 218 g/mol. The summed E-state index contributed by atoms with van der Waals surface area (Å²) >= 11 is 0. The summed E-state index contributed by atoms with van der Waals surface area (Å²) in [6.07, 6.45) is 0.500. The first-order valence-corrected chi connectivity index (χ1v) is 5.97. The van der Waals surface area contributed by atoms with Crippen LogP contribution in [0, 0.1) is 0 Å². The Morgan fingerprint density at radius 2 is 2.00 bits per heavy atom. The fraction of sp³-hybridized carbons (Fsp3) is 0.571. The third-order valence-electron chi connectivity index (χ3n) is 3.56. The Kier molecular flexibility index (Phi) is 1.91. The topological polar surface area (TPSA) is 21.8 Å². The van der Waals surface area contributed by atoms with E-state index in [1.54, 1.807) is 0 Å². The van der Waals surface area contributed by atoms with Gasteiger partial charge < -0.3 is 9.47 Å². The van der Waals surface area contributed by atoms with Crippen molar-refractivity contribution in [1.29, 1.82) is 0 Å². The minimum atomic E-state index is -0.184. The number of ether oxygens (including phenoxy) is 2. The minimum Gasteiger partial charge on any atom is -0.485 e. The maximum absolute atomic E-state index is 5.98. The second-order valence-corrected chi connectivity index (χ2v) is 5.63. The number of hydrogen-bond acceptors (Lipinski definition) is 2. The summed E-state index contributed by atoms with van der Waals surface area (Å²) < 4.78 is 11.7. The van der Waals surface area contributed by atoms with Crippen molar-refractivity contribution in [2.24, 2.45) is 0 Å². The quantitative estimate of drug-likeness (QED) is 0.674. The highest BCUT2D eigenvalue weighted by Crippen LogP contribution is 2.53. The third-order valence-corrected chi connectivity index (χ3v) is 3.56. The molecule has 2 heterocycles. The zero-order valence-corrected chi connectivity index (χ0v) is 10.3. The molecule has 0 spiro atoms. The Labute approximate surface area is 96.6 Å². The molecule has 0 unspecified atom stereocenters. The molecule has 2 nitrogen and oxygen atoms in total. The highest BCUT2D eigenvalue weighted by molar-refractivity contribution is 5.45. The molecule has 1 aromatic rings. The first-order valence-electron chi connectivity index (χ1n) is 5.97. The van der Waals surface area contributed by atoms with Crippen LogP contribution in [0.3, 0.4) is 0 Å². The van der Waals surface area contributed by atoms with Gasteiger partial charge in [0.1, 0.15) is 23.6 Å². The SMILES string of the molecule is CC(C)c1ccc2c(c1)[C@H]1O[C@H]1C(C)(C)O2. The molecule has 2 atom stereocenters. The van der Waals surface area contributed by atoms with Crippen LogP contribution in [0.5, 0.6) is 5.75 Å². The number of epoxide rings is 1. The first kappa shape index (κ1) is 10.2. The van der Waals surface area contributed by atoms with Gasteiger partial charge in [0.2, 0.25) is 0 Å². The van der Waals surface area contributed by atoms with Crippen molar-refractivity contribution in [1.82, 2.24) is 0 Å². The van der Waals surface area contributed by atoms with E-state index in [2.05, 4.69) is 45.9 Å². The molecule has 1 fully saturated rings. The summed E-state index contributed by atoms with van der Waals surface area (Å²) in [5.41, 5.74) is 2.41. The van der Waals surface area contributed by atoms with Crippen LogP contribution in [0.15, 0.2) is 18.2 Å². The summed E-state index contributed by atoms with van der Waals surface area (Å²) in [5.74, 6) is 1.55. The van der Waals surface area contributed by atoms with Crippen LogP contribution in [0.2, 0.25) is 0 Å². The van der Waals surface area contributed by atoms with Gasteiger partial charge in [-0.3, -0.25) is 0 Å². The van der Waals surface area contributed by atoms with Gasteiger partial charge in [0.15, 0.2) is 0 Å². The van der Waals surface area contributed by atoms with Gasteiger partial charge in [-0.25, -0.2) is 0 Å². The Bertz CT molecular complexity index is 434. The summed E-state index contributed by atoms with van der Waals surface area (Å²) in [7, 11) is 0. The number of benzene rings is 1. The first-order chi connectivity index (χ1) is 7.49. The summed E-state index contributed by atoms with van der Waals surface area (Å²) in [6.45, 7) is 8.61. The van der Waals surface area contributed by atoms with E-state index in [4.69, 9.17) is 9.47 Å². The largest absolute Gasteiger partial charge is 0.485 e. The van der Waals surface area contributed by atoms with Gasteiger partial charge in [0, 0.05) is 5.56 Å². The monoisotopic (exact) mass is 218 g/mol. The molecule has 2 heteroatoms. The molecule has 86 valence electrons. The molecule has 0 N–H and O–H groups in total. The molecule has 3 rings (SSSR count). The van der Waals surface area contributed by atoms with E-state index in [-0.39, 0.29) is 17.8 Å². The fourth-order valence-electron chi connectivity index (χ4n) is 2.46. The fourth-order valence-corrected chi connectivity index (χ4v) is 2.46. The van der Waals surface area contributed by atoms with Crippen molar-refractivity contribution in [3.05, 3.63) is 29.3 Å². The minimum absolute atomic E-state index is 0.184. The van der Waals surface area contributed by atoms with Crippen molar-refractivity contribution in [2.45, 2.75) is 51.4 Å². The molecule has 0 radical (unpaired) electrons. The Morgan fingerprint density at radius 1 is 1.25 bits per heavy atom. The molecule has 0 aliphatic carbocycles. The predicted octanol–water partition coefficient (Wildman–Crippen LogP) is 3.42. The number of hydrogen-bond donors (Lipinski definition) is 0. The van der Waals surface area contributed by atoms with Gasteiger partial charge >= 0.3 is 0 Å². The van der Waals surface area contributed by atoms with Gasteiger partial charge in [-0.1, -0.05) is 19.9 Å². The van der Waals surface area contributed by atoms with Crippen LogP contribution in [0.1, 0.15) is 50.8 Å². The van der Waals surface area contributed by atoms with Gasteiger partial charge in [-0.05, 0) is 37.5 Å². The Morgan fingerprint density at radius 3 is 2.69 bits per heavy atom. The molecule has 0 saturated carbocycles. The Balaban J connectivity index is 2.03. The van der Waals surface area contributed by atoms with E-state index < -0.39 is 0 Å². The molecule has 16 heavy (non-hydrogen) atoms. The van der Waals surface area contributed by atoms with E-state index in [0.717, 1.165) is 5.75 Å². The van der Waals surface area contributed by atoms with Crippen molar-refractivity contribution >= 4 is 0 Å². The molecule has 1 saturated heterocycles. The molecule has 0 amide bonds. The molecular formula is C14H18O2.